The van der Waals surface area contributed by atoms with Gasteiger partial charge in [-0.15, -0.1) is 5.10 Å². The molecule has 0 amide bonds. The maximum atomic E-state index is 11.5. The summed E-state index contributed by atoms with van der Waals surface area (Å²) in [4.78, 5) is 22.9. The molecule has 0 N–H and O–H groups in total. The molecule has 0 spiro atoms. The summed E-state index contributed by atoms with van der Waals surface area (Å²) in [6.07, 6.45) is 0.318. The number of nitrogens with zero attached hydrogens (tertiary/aromatic N) is 2. The van der Waals surface area contributed by atoms with E-state index in [1.807, 2.05) is 60.7 Å². The van der Waals surface area contributed by atoms with Gasteiger partial charge in [0.2, 0.25) is 0 Å². The number of carbonyl (C=O) groups is 2. The Morgan fingerprint density at radius 1 is 0.714 bits per heavy atom. The van der Waals surface area contributed by atoms with Crippen molar-refractivity contribution in [3.8, 4) is 33.8 Å². The van der Waals surface area contributed by atoms with E-state index in [9.17, 15) is 9.59 Å². The second kappa shape index (κ2) is 11.4. The Kier molecular flexibility index (Phi) is 7.89. The van der Waals surface area contributed by atoms with Gasteiger partial charge in [-0.2, -0.15) is 0 Å². The van der Waals surface area contributed by atoms with Gasteiger partial charge in [0.15, 0.2) is 0 Å². The molecule has 0 radical (unpaired) electrons. The lowest BCUT2D eigenvalue weighted by molar-refractivity contribution is -0.142. The minimum atomic E-state index is -0.328. The summed E-state index contributed by atoms with van der Waals surface area (Å²) in [7, 11) is 2.71. The highest BCUT2D eigenvalue weighted by Gasteiger charge is 2.18. The van der Waals surface area contributed by atoms with Gasteiger partial charge in [0.25, 0.3) is 0 Å². The van der Waals surface area contributed by atoms with Gasteiger partial charge in [-0.1, -0.05) is 53.0 Å². The molecule has 0 aliphatic rings. The number of esters is 2. The van der Waals surface area contributed by atoms with Gasteiger partial charge < -0.3 is 18.9 Å². The zero-order valence-electron chi connectivity index (χ0n) is 19.4. The molecule has 35 heavy (non-hydrogen) atoms. The molecule has 1 heterocycles. The molecule has 0 aliphatic heterocycles. The van der Waals surface area contributed by atoms with E-state index >= 15 is 0 Å². The van der Waals surface area contributed by atoms with Gasteiger partial charge in [-0.05, 0) is 23.7 Å². The molecule has 0 aliphatic carbocycles. The monoisotopic (exact) mass is 492 g/mol. The Hall–Kier alpha value is -3.98. The first-order valence-electron chi connectivity index (χ1n) is 11.0. The van der Waals surface area contributed by atoms with E-state index in [4.69, 9.17) is 14.2 Å². The molecule has 4 aromatic rings. The fourth-order valence-electron chi connectivity index (χ4n) is 3.62. The first kappa shape index (κ1) is 24.2. The molecule has 0 fully saturated rings. The van der Waals surface area contributed by atoms with Gasteiger partial charge in [-0.3, -0.25) is 9.59 Å². The Labute approximate surface area is 206 Å². The van der Waals surface area contributed by atoms with Crippen LogP contribution in [0.3, 0.4) is 0 Å². The van der Waals surface area contributed by atoms with Gasteiger partial charge >= 0.3 is 11.9 Å². The van der Waals surface area contributed by atoms with E-state index in [-0.39, 0.29) is 38.0 Å². The van der Waals surface area contributed by atoms with Gasteiger partial charge in [-0.25, -0.2) is 0 Å². The van der Waals surface area contributed by atoms with Crippen LogP contribution in [0.4, 0.5) is 0 Å². The molecule has 9 heteroatoms. The van der Waals surface area contributed by atoms with Crippen LogP contribution in [-0.2, 0) is 19.1 Å². The predicted octanol–water partition coefficient (Wildman–Crippen LogP) is 4.91. The molecule has 1 aromatic heterocycles. The predicted molar refractivity (Wildman–Crippen MR) is 133 cm³/mol. The van der Waals surface area contributed by atoms with Crippen molar-refractivity contribution in [2.24, 2.45) is 0 Å². The number of carbonyl (C=O) groups excluding carboxylic acids is 2. The van der Waals surface area contributed by atoms with E-state index in [1.165, 1.54) is 25.8 Å². The fraction of sp³-hybridized carbons (Fsp3) is 0.231. The third kappa shape index (κ3) is 5.58. The Balaban J connectivity index is 1.67. The molecule has 8 nitrogen and oxygen atoms in total. The summed E-state index contributed by atoms with van der Waals surface area (Å²) in [5.74, 6) is 0.647. The van der Waals surface area contributed by atoms with Crippen molar-refractivity contribution in [2.75, 3.05) is 27.4 Å². The number of fused-ring (bicyclic) bond motifs is 1. The Morgan fingerprint density at radius 2 is 1.23 bits per heavy atom. The van der Waals surface area contributed by atoms with E-state index in [0.29, 0.717) is 11.5 Å². The highest BCUT2D eigenvalue weighted by Crippen LogP contribution is 2.41. The topological polar surface area (TPSA) is 96.8 Å². The quantitative estimate of drug-likeness (QED) is 0.288. The molecular weight excluding hydrogens is 468 g/mol. The van der Waals surface area contributed by atoms with Crippen molar-refractivity contribution in [1.82, 2.24) is 9.59 Å². The van der Waals surface area contributed by atoms with Crippen molar-refractivity contribution < 1.29 is 28.5 Å². The number of rotatable bonds is 10. The second-order valence-corrected chi connectivity index (χ2v) is 8.21. The van der Waals surface area contributed by atoms with Crippen LogP contribution in [0.25, 0.3) is 32.5 Å². The third-order valence-corrected chi connectivity index (χ3v) is 6.10. The maximum absolute atomic E-state index is 11.5. The summed E-state index contributed by atoms with van der Waals surface area (Å²) in [5.41, 5.74) is 4.26. The first-order chi connectivity index (χ1) is 17.1. The van der Waals surface area contributed by atoms with Crippen LogP contribution in [0.2, 0.25) is 0 Å². The number of methoxy groups -OCH3 is 2. The van der Waals surface area contributed by atoms with Crippen LogP contribution in [0, 0.1) is 0 Å². The minimum Gasteiger partial charge on any atom is -0.492 e. The summed E-state index contributed by atoms with van der Waals surface area (Å²) in [6, 6.07) is 19.2. The lowest BCUT2D eigenvalue weighted by atomic mass is 9.98. The Bertz CT molecular complexity index is 1240. The molecule has 4 rings (SSSR count). The normalized spacial score (nSPS) is 10.7. The van der Waals surface area contributed by atoms with Crippen LogP contribution in [0.15, 0.2) is 60.7 Å². The van der Waals surface area contributed by atoms with Crippen molar-refractivity contribution in [2.45, 2.75) is 12.8 Å². The SMILES string of the molecule is COC(=O)CCOc1ccccc1-c1ccc(-c2ccccc2OCCC(=O)OC)c2snnc12. The van der Waals surface area contributed by atoms with Crippen LogP contribution in [0.1, 0.15) is 12.8 Å². The first-order valence-corrected chi connectivity index (χ1v) is 11.7. The molecule has 0 saturated carbocycles. The number of hydrogen-bond acceptors (Lipinski definition) is 9. The van der Waals surface area contributed by atoms with Gasteiger partial charge in [0.1, 0.15) is 17.0 Å². The molecule has 3 aromatic carbocycles. The summed E-state index contributed by atoms with van der Waals surface area (Å²) >= 11 is 1.30. The van der Waals surface area contributed by atoms with E-state index < -0.39 is 0 Å². The lowest BCUT2D eigenvalue weighted by Crippen LogP contribution is -2.08. The molecule has 0 unspecified atom stereocenters. The largest absolute Gasteiger partial charge is 0.492 e. The van der Waals surface area contributed by atoms with Crippen molar-refractivity contribution >= 4 is 33.7 Å². The molecular formula is C26H24N2O6S. The number of benzene rings is 3. The fourth-order valence-corrected chi connectivity index (χ4v) is 4.33. The van der Waals surface area contributed by atoms with Crippen molar-refractivity contribution in [3.63, 3.8) is 0 Å². The van der Waals surface area contributed by atoms with E-state index in [2.05, 4.69) is 14.3 Å². The van der Waals surface area contributed by atoms with Crippen LogP contribution in [-0.4, -0.2) is 49.0 Å². The highest BCUT2D eigenvalue weighted by atomic mass is 32.1. The summed E-state index contributed by atoms with van der Waals surface area (Å²) in [6.45, 7) is 0.415. The maximum Gasteiger partial charge on any atom is 0.308 e. The summed E-state index contributed by atoms with van der Waals surface area (Å²) in [5, 5.41) is 4.41. The number of para-hydroxylation sites is 2. The smallest absolute Gasteiger partial charge is 0.308 e. The van der Waals surface area contributed by atoms with Gasteiger partial charge in [0.05, 0.1) is 45.0 Å². The average Bonchev–Trinajstić information content (AvgIpc) is 3.39. The zero-order valence-corrected chi connectivity index (χ0v) is 20.2. The van der Waals surface area contributed by atoms with E-state index in [0.717, 1.165) is 32.5 Å². The highest BCUT2D eigenvalue weighted by molar-refractivity contribution is 7.13. The molecule has 180 valence electrons. The van der Waals surface area contributed by atoms with Gasteiger partial charge in [0, 0.05) is 22.3 Å². The van der Waals surface area contributed by atoms with Crippen molar-refractivity contribution in [3.05, 3.63) is 60.7 Å². The van der Waals surface area contributed by atoms with Crippen LogP contribution in [0.5, 0.6) is 11.5 Å². The number of aromatic nitrogens is 2. The van der Waals surface area contributed by atoms with Crippen molar-refractivity contribution in [1.29, 1.82) is 0 Å². The molecule has 0 saturated heterocycles. The second-order valence-electron chi connectivity index (χ2n) is 7.45. The molecule has 0 bridgehead atoms. The standard InChI is InChI=1S/C26H24N2O6S/c1-31-23(29)13-15-33-21-9-5-3-7-17(21)19-11-12-20(26-25(19)27-28-35-26)18-8-4-6-10-22(18)34-16-14-24(30)32-2/h3-12H,13-16H2,1-2H3. The summed E-state index contributed by atoms with van der Waals surface area (Å²) < 4.78 is 26.3. The lowest BCUT2D eigenvalue weighted by Gasteiger charge is -2.14. The van der Waals surface area contributed by atoms with Crippen LogP contribution < -0.4 is 9.47 Å². The average molecular weight is 493 g/mol. The third-order valence-electron chi connectivity index (χ3n) is 5.34. The minimum absolute atomic E-state index is 0.157. The van der Waals surface area contributed by atoms with Crippen LogP contribution >= 0.6 is 11.5 Å². The molecule has 0 atom stereocenters. The Morgan fingerprint density at radius 3 is 1.80 bits per heavy atom. The van der Waals surface area contributed by atoms with E-state index in [1.54, 1.807) is 0 Å². The number of hydrogen-bond donors (Lipinski definition) is 0. The number of ether oxygens (including phenoxy) is 4. The zero-order chi connectivity index (χ0) is 24.6.